The number of nitrogens with zero attached hydrogens (tertiary/aromatic N) is 1. The van der Waals surface area contributed by atoms with E-state index in [2.05, 4.69) is 16.9 Å². The fourth-order valence-corrected chi connectivity index (χ4v) is 3.72. The van der Waals surface area contributed by atoms with Gasteiger partial charge in [-0.05, 0) is 19.1 Å². The van der Waals surface area contributed by atoms with Gasteiger partial charge in [0.05, 0.1) is 0 Å². The second-order valence-electron chi connectivity index (χ2n) is 5.18. The summed E-state index contributed by atoms with van der Waals surface area (Å²) in [7, 11) is 0. The quantitative estimate of drug-likeness (QED) is 0.712. The summed E-state index contributed by atoms with van der Waals surface area (Å²) in [5, 5.41) is 6.58. The van der Waals surface area contributed by atoms with Crippen LogP contribution in [0.4, 0.5) is 0 Å². The maximum absolute atomic E-state index is 12.0. The fraction of sp³-hybridized carbons (Fsp3) is 0.846. The van der Waals surface area contributed by atoms with Crippen molar-refractivity contribution in [3.63, 3.8) is 0 Å². The highest BCUT2D eigenvalue weighted by atomic mass is 32.2. The number of rotatable bonds is 2. The van der Waals surface area contributed by atoms with Gasteiger partial charge in [-0.3, -0.25) is 9.59 Å². The molecule has 1 heterocycles. The zero-order valence-electron chi connectivity index (χ0n) is 11.5. The van der Waals surface area contributed by atoms with Gasteiger partial charge in [0.15, 0.2) is 0 Å². The minimum Gasteiger partial charge on any atom is -0.344 e. The van der Waals surface area contributed by atoms with Gasteiger partial charge < -0.3 is 15.5 Å². The number of hydrogen-bond donors (Lipinski definition) is 2. The molecule has 2 unspecified atom stereocenters. The van der Waals surface area contributed by atoms with Crippen molar-refractivity contribution < 1.29 is 9.59 Å². The Morgan fingerprint density at radius 2 is 1.89 bits per heavy atom. The van der Waals surface area contributed by atoms with Crippen LogP contribution in [-0.4, -0.2) is 60.4 Å². The molecule has 1 aliphatic carbocycles. The molecule has 19 heavy (non-hydrogen) atoms. The topological polar surface area (TPSA) is 61.4 Å². The Morgan fingerprint density at radius 1 is 1.21 bits per heavy atom. The third-order valence-corrected chi connectivity index (χ3v) is 5.09. The molecule has 0 bridgehead atoms. The van der Waals surface area contributed by atoms with Gasteiger partial charge in [-0.25, -0.2) is 0 Å². The minimum absolute atomic E-state index is 0.156. The van der Waals surface area contributed by atoms with Gasteiger partial charge in [-0.2, -0.15) is 11.8 Å². The van der Waals surface area contributed by atoms with Gasteiger partial charge in [0.25, 0.3) is 0 Å². The zero-order valence-corrected chi connectivity index (χ0v) is 12.3. The highest BCUT2D eigenvalue weighted by molar-refractivity contribution is 7.99. The highest BCUT2D eigenvalue weighted by Crippen LogP contribution is 2.27. The number of hydrogen-bond acceptors (Lipinski definition) is 4. The zero-order chi connectivity index (χ0) is 13.7. The molecule has 2 atom stereocenters. The Hall–Kier alpha value is -0.750. The number of carbonyl (C=O) groups is 2. The summed E-state index contributed by atoms with van der Waals surface area (Å²) in [6.07, 6.45) is 6.57. The van der Waals surface area contributed by atoms with E-state index in [1.807, 2.05) is 0 Å². The molecule has 1 aliphatic heterocycles. The Morgan fingerprint density at radius 3 is 2.58 bits per heavy atom. The van der Waals surface area contributed by atoms with Crippen molar-refractivity contribution in [3.8, 4) is 0 Å². The SMILES string of the molecule is CSC1CCCCC1NC(=O)C(=O)N1CCNCC1. The maximum atomic E-state index is 12.0. The van der Waals surface area contributed by atoms with Crippen molar-refractivity contribution >= 4 is 23.6 Å². The van der Waals surface area contributed by atoms with Gasteiger partial charge in [-0.15, -0.1) is 0 Å². The van der Waals surface area contributed by atoms with E-state index in [1.54, 1.807) is 16.7 Å². The van der Waals surface area contributed by atoms with Crippen molar-refractivity contribution in [2.24, 2.45) is 0 Å². The van der Waals surface area contributed by atoms with Crippen LogP contribution in [0.25, 0.3) is 0 Å². The largest absolute Gasteiger partial charge is 0.344 e. The Balaban J connectivity index is 1.86. The first-order chi connectivity index (χ1) is 9.22. The Kier molecular flexibility index (Phi) is 5.51. The van der Waals surface area contributed by atoms with Crippen LogP contribution in [0.1, 0.15) is 25.7 Å². The number of carbonyl (C=O) groups excluding carboxylic acids is 2. The van der Waals surface area contributed by atoms with Crippen LogP contribution >= 0.6 is 11.8 Å². The molecule has 0 aromatic carbocycles. The first-order valence-electron chi connectivity index (χ1n) is 7.05. The molecule has 0 aromatic rings. The smallest absolute Gasteiger partial charge is 0.311 e. The molecular formula is C13H23N3O2S. The molecule has 0 radical (unpaired) electrons. The van der Waals surface area contributed by atoms with Gasteiger partial charge >= 0.3 is 11.8 Å². The van der Waals surface area contributed by atoms with E-state index in [4.69, 9.17) is 0 Å². The molecule has 2 amide bonds. The third-order valence-electron chi connectivity index (χ3n) is 3.92. The molecule has 0 spiro atoms. The van der Waals surface area contributed by atoms with Crippen molar-refractivity contribution in [2.75, 3.05) is 32.4 Å². The van der Waals surface area contributed by atoms with Crippen LogP contribution in [0.15, 0.2) is 0 Å². The van der Waals surface area contributed by atoms with E-state index in [0.29, 0.717) is 18.3 Å². The van der Waals surface area contributed by atoms with E-state index in [-0.39, 0.29) is 11.9 Å². The summed E-state index contributed by atoms with van der Waals surface area (Å²) in [6, 6.07) is 0.156. The van der Waals surface area contributed by atoms with Crippen molar-refractivity contribution in [1.29, 1.82) is 0 Å². The minimum atomic E-state index is -0.423. The summed E-state index contributed by atoms with van der Waals surface area (Å²) < 4.78 is 0. The van der Waals surface area contributed by atoms with E-state index in [9.17, 15) is 9.59 Å². The first-order valence-corrected chi connectivity index (χ1v) is 8.34. The first kappa shape index (κ1) is 14.7. The number of amides is 2. The maximum Gasteiger partial charge on any atom is 0.311 e. The lowest BCUT2D eigenvalue weighted by Gasteiger charge is -2.32. The standard InChI is InChI=1S/C13H23N3O2S/c1-19-11-5-3-2-4-10(11)15-12(17)13(18)16-8-6-14-7-9-16/h10-11,14H,2-9H2,1H3,(H,15,17). The van der Waals surface area contributed by atoms with Crippen molar-refractivity contribution in [1.82, 2.24) is 15.5 Å². The third kappa shape index (κ3) is 3.86. The van der Waals surface area contributed by atoms with Gasteiger partial charge in [0.2, 0.25) is 0 Å². The second kappa shape index (κ2) is 7.14. The average Bonchev–Trinajstić information content (AvgIpc) is 2.48. The Bertz CT molecular complexity index is 332. The molecule has 1 saturated heterocycles. The van der Waals surface area contributed by atoms with Crippen LogP contribution in [0, 0.1) is 0 Å². The normalized spacial score (nSPS) is 27.9. The van der Waals surface area contributed by atoms with Gasteiger partial charge in [0.1, 0.15) is 0 Å². The lowest BCUT2D eigenvalue weighted by molar-refractivity contribution is -0.146. The van der Waals surface area contributed by atoms with Gasteiger partial charge in [0, 0.05) is 37.5 Å². The molecular weight excluding hydrogens is 262 g/mol. The van der Waals surface area contributed by atoms with E-state index < -0.39 is 5.91 Å². The predicted molar refractivity (Wildman–Crippen MR) is 77.2 cm³/mol. The fourth-order valence-electron chi connectivity index (χ4n) is 2.79. The summed E-state index contributed by atoms with van der Waals surface area (Å²) in [5.41, 5.74) is 0. The van der Waals surface area contributed by atoms with Crippen LogP contribution < -0.4 is 10.6 Å². The summed E-state index contributed by atoms with van der Waals surface area (Å²) in [5.74, 6) is -0.792. The van der Waals surface area contributed by atoms with E-state index >= 15 is 0 Å². The monoisotopic (exact) mass is 285 g/mol. The van der Waals surface area contributed by atoms with Crippen molar-refractivity contribution in [3.05, 3.63) is 0 Å². The molecule has 108 valence electrons. The summed E-state index contributed by atoms with van der Waals surface area (Å²) in [6.45, 7) is 2.80. The number of piperazine rings is 1. The average molecular weight is 285 g/mol. The number of nitrogens with one attached hydrogen (secondary N) is 2. The van der Waals surface area contributed by atoms with Gasteiger partial charge in [-0.1, -0.05) is 12.8 Å². The molecule has 2 N–H and O–H groups in total. The van der Waals surface area contributed by atoms with E-state index in [0.717, 1.165) is 32.4 Å². The van der Waals surface area contributed by atoms with Crippen LogP contribution in [-0.2, 0) is 9.59 Å². The lowest BCUT2D eigenvalue weighted by atomic mass is 9.95. The molecule has 2 aliphatic rings. The Labute approximate surface area is 118 Å². The molecule has 0 aromatic heterocycles. The highest BCUT2D eigenvalue weighted by Gasteiger charge is 2.30. The summed E-state index contributed by atoms with van der Waals surface area (Å²) >= 11 is 1.79. The predicted octanol–water partition coefficient (Wildman–Crippen LogP) is 0.209. The number of thioether (sulfide) groups is 1. The lowest BCUT2D eigenvalue weighted by Crippen LogP contribution is -2.54. The summed E-state index contributed by atoms with van der Waals surface area (Å²) in [4.78, 5) is 25.7. The second-order valence-corrected chi connectivity index (χ2v) is 6.26. The van der Waals surface area contributed by atoms with Crippen LogP contribution in [0.2, 0.25) is 0 Å². The van der Waals surface area contributed by atoms with Crippen LogP contribution in [0.5, 0.6) is 0 Å². The molecule has 1 saturated carbocycles. The van der Waals surface area contributed by atoms with E-state index in [1.165, 1.54) is 6.42 Å². The molecule has 2 fully saturated rings. The molecule has 5 nitrogen and oxygen atoms in total. The van der Waals surface area contributed by atoms with Crippen LogP contribution in [0.3, 0.4) is 0 Å². The molecule has 2 rings (SSSR count). The van der Waals surface area contributed by atoms with Crippen molar-refractivity contribution in [2.45, 2.75) is 37.0 Å². The molecule has 6 heteroatoms.